The summed E-state index contributed by atoms with van der Waals surface area (Å²) in [5, 5.41) is 0. The Morgan fingerprint density at radius 1 is 1.50 bits per heavy atom. The number of fused-ring (bicyclic) bond motifs is 1. The summed E-state index contributed by atoms with van der Waals surface area (Å²) < 4.78 is 20.6. The van der Waals surface area contributed by atoms with Crippen molar-refractivity contribution in [2.24, 2.45) is 0 Å². The number of aryl methyl sites for hydroxylation is 1. The van der Waals surface area contributed by atoms with Gasteiger partial charge in [-0.05, 0) is 25.0 Å². The summed E-state index contributed by atoms with van der Waals surface area (Å²) in [4.78, 5) is 4.21. The van der Waals surface area contributed by atoms with Crippen LogP contribution < -0.4 is 5.73 Å². The quantitative estimate of drug-likeness (QED) is 0.908. The summed E-state index contributed by atoms with van der Waals surface area (Å²) in [6.07, 6.45) is 0.875. The van der Waals surface area contributed by atoms with E-state index in [9.17, 15) is 4.39 Å². The number of nitrogens with zero attached hydrogens (tertiary/aromatic N) is 2. The zero-order valence-electron chi connectivity index (χ0n) is 10.9. The summed E-state index contributed by atoms with van der Waals surface area (Å²) in [5.41, 5.74) is 7.97. The molecule has 1 aromatic heterocycles. The third-order valence-corrected chi connectivity index (χ3v) is 3.19. The lowest BCUT2D eigenvalue weighted by atomic mass is 10.2. The zero-order valence-corrected chi connectivity index (χ0v) is 10.9. The van der Waals surface area contributed by atoms with Crippen LogP contribution in [0.25, 0.3) is 11.0 Å². The standard InChI is InChI=1S/C13H18FN3O/c1-4-9(7-18-3)17-12-5-8(2)10(14)6-11(12)16-13(17)15/h5-6,9H,4,7H2,1-3H3,(H2,15,16). The second kappa shape index (κ2) is 4.94. The number of aromatic nitrogens is 2. The van der Waals surface area contributed by atoms with Gasteiger partial charge in [0.05, 0.1) is 23.7 Å². The molecule has 1 atom stereocenters. The summed E-state index contributed by atoms with van der Waals surface area (Å²) >= 11 is 0. The van der Waals surface area contributed by atoms with Crippen LogP contribution in [0.4, 0.5) is 10.3 Å². The third kappa shape index (κ3) is 2.06. The number of methoxy groups -OCH3 is 1. The SMILES string of the molecule is CCC(COC)n1c(N)nc2cc(F)c(C)cc21. The van der Waals surface area contributed by atoms with Crippen LogP contribution in [-0.2, 0) is 4.74 Å². The number of nitrogens with two attached hydrogens (primary N) is 1. The molecule has 0 aliphatic carbocycles. The van der Waals surface area contributed by atoms with Crippen LogP contribution in [-0.4, -0.2) is 23.3 Å². The van der Waals surface area contributed by atoms with Crippen molar-refractivity contribution in [3.63, 3.8) is 0 Å². The molecule has 0 spiro atoms. The Hall–Kier alpha value is -1.62. The minimum atomic E-state index is -0.257. The number of rotatable bonds is 4. The van der Waals surface area contributed by atoms with Gasteiger partial charge in [0.2, 0.25) is 5.95 Å². The smallest absolute Gasteiger partial charge is 0.201 e. The maximum atomic E-state index is 13.5. The third-order valence-electron chi connectivity index (χ3n) is 3.19. The van der Waals surface area contributed by atoms with Crippen molar-refractivity contribution in [1.82, 2.24) is 9.55 Å². The second-order valence-electron chi connectivity index (χ2n) is 4.45. The highest BCUT2D eigenvalue weighted by atomic mass is 19.1. The van der Waals surface area contributed by atoms with Gasteiger partial charge in [-0.3, -0.25) is 0 Å². The number of anilines is 1. The van der Waals surface area contributed by atoms with Crippen LogP contribution in [0, 0.1) is 12.7 Å². The van der Waals surface area contributed by atoms with E-state index in [-0.39, 0.29) is 11.9 Å². The molecule has 98 valence electrons. The summed E-state index contributed by atoms with van der Waals surface area (Å²) in [5.74, 6) is 0.144. The topological polar surface area (TPSA) is 53.1 Å². The highest BCUT2D eigenvalue weighted by Gasteiger charge is 2.17. The molecule has 5 heteroatoms. The van der Waals surface area contributed by atoms with Crippen molar-refractivity contribution < 1.29 is 9.13 Å². The first-order valence-electron chi connectivity index (χ1n) is 6.01. The molecule has 2 aromatic rings. The van der Waals surface area contributed by atoms with E-state index >= 15 is 0 Å². The van der Waals surface area contributed by atoms with Gasteiger partial charge in [-0.1, -0.05) is 6.92 Å². The van der Waals surface area contributed by atoms with Crippen LogP contribution in [0.2, 0.25) is 0 Å². The Morgan fingerprint density at radius 3 is 2.83 bits per heavy atom. The summed E-state index contributed by atoms with van der Waals surface area (Å²) in [6, 6.07) is 3.33. The maximum absolute atomic E-state index is 13.5. The fourth-order valence-electron chi connectivity index (χ4n) is 2.19. The molecule has 0 fully saturated rings. The van der Waals surface area contributed by atoms with Gasteiger partial charge in [-0.25, -0.2) is 9.37 Å². The first-order chi connectivity index (χ1) is 8.58. The molecule has 0 bridgehead atoms. The van der Waals surface area contributed by atoms with Gasteiger partial charge in [-0.2, -0.15) is 0 Å². The van der Waals surface area contributed by atoms with Gasteiger partial charge in [0.1, 0.15) is 5.82 Å². The molecular weight excluding hydrogens is 233 g/mol. The minimum absolute atomic E-state index is 0.116. The van der Waals surface area contributed by atoms with Crippen molar-refractivity contribution >= 4 is 17.0 Å². The normalized spacial score (nSPS) is 13.1. The first-order valence-corrected chi connectivity index (χ1v) is 6.01. The van der Waals surface area contributed by atoms with E-state index in [4.69, 9.17) is 10.5 Å². The van der Waals surface area contributed by atoms with Crippen molar-refractivity contribution in [3.05, 3.63) is 23.5 Å². The van der Waals surface area contributed by atoms with E-state index < -0.39 is 0 Å². The zero-order chi connectivity index (χ0) is 13.3. The van der Waals surface area contributed by atoms with Crippen molar-refractivity contribution in [2.75, 3.05) is 19.5 Å². The number of imidazole rings is 1. The van der Waals surface area contributed by atoms with Gasteiger partial charge in [-0.15, -0.1) is 0 Å². The van der Waals surface area contributed by atoms with Crippen LogP contribution in [0.3, 0.4) is 0 Å². The first kappa shape index (κ1) is 12.8. The molecule has 2 rings (SSSR count). The fraction of sp³-hybridized carbons (Fsp3) is 0.462. The van der Waals surface area contributed by atoms with E-state index in [1.807, 2.05) is 4.57 Å². The van der Waals surface area contributed by atoms with E-state index in [0.29, 0.717) is 23.6 Å². The van der Waals surface area contributed by atoms with Gasteiger partial charge in [0.15, 0.2) is 0 Å². The molecule has 1 aromatic carbocycles. The molecular formula is C13H18FN3O. The van der Waals surface area contributed by atoms with E-state index in [1.54, 1.807) is 20.1 Å². The Kier molecular flexibility index (Phi) is 3.52. The fourth-order valence-corrected chi connectivity index (χ4v) is 2.19. The van der Waals surface area contributed by atoms with Crippen molar-refractivity contribution in [1.29, 1.82) is 0 Å². The number of benzene rings is 1. The highest BCUT2D eigenvalue weighted by molar-refractivity contribution is 5.79. The molecule has 1 unspecified atom stereocenters. The summed E-state index contributed by atoms with van der Waals surface area (Å²) in [7, 11) is 1.66. The second-order valence-corrected chi connectivity index (χ2v) is 4.45. The molecule has 0 radical (unpaired) electrons. The Labute approximate surface area is 106 Å². The van der Waals surface area contributed by atoms with Gasteiger partial charge < -0.3 is 15.0 Å². The predicted octanol–water partition coefficient (Wildman–Crippen LogP) is 2.66. The molecule has 2 N–H and O–H groups in total. The van der Waals surface area contributed by atoms with Gasteiger partial charge >= 0.3 is 0 Å². The van der Waals surface area contributed by atoms with Crippen LogP contribution in [0.1, 0.15) is 24.9 Å². The molecule has 0 saturated heterocycles. The number of ether oxygens (including phenoxy) is 1. The lowest BCUT2D eigenvalue weighted by Gasteiger charge is -2.18. The Bertz CT molecular complexity index is 565. The molecule has 1 heterocycles. The van der Waals surface area contributed by atoms with Gasteiger partial charge in [0.25, 0.3) is 0 Å². The van der Waals surface area contributed by atoms with Gasteiger partial charge in [0, 0.05) is 13.2 Å². The minimum Gasteiger partial charge on any atom is -0.383 e. The van der Waals surface area contributed by atoms with Crippen molar-refractivity contribution in [2.45, 2.75) is 26.3 Å². The van der Waals surface area contributed by atoms with Crippen LogP contribution in [0.5, 0.6) is 0 Å². The van der Waals surface area contributed by atoms with Crippen LogP contribution in [0.15, 0.2) is 12.1 Å². The van der Waals surface area contributed by atoms with Crippen molar-refractivity contribution in [3.8, 4) is 0 Å². The summed E-state index contributed by atoms with van der Waals surface area (Å²) in [6.45, 7) is 4.35. The van der Waals surface area contributed by atoms with Crippen LogP contribution >= 0.6 is 0 Å². The molecule has 0 saturated carbocycles. The largest absolute Gasteiger partial charge is 0.383 e. The van der Waals surface area contributed by atoms with E-state index in [2.05, 4.69) is 11.9 Å². The Balaban J connectivity index is 2.62. The molecule has 4 nitrogen and oxygen atoms in total. The predicted molar refractivity (Wildman–Crippen MR) is 70.0 cm³/mol. The lowest BCUT2D eigenvalue weighted by Crippen LogP contribution is -2.16. The number of hydrogen-bond donors (Lipinski definition) is 1. The average Bonchev–Trinajstić information content (AvgIpc) is 2.63. The van der Waals surface area contributed by atoms with E-state index in [0.717, 1.165) is 11.9 Å². The number of nitrogen functional groups attached to an aromatic ring is 1. The Morgan fingerprint density at radius 2 is 2.22 bits per heavy atom. The number of hydrogen-bond acceptors (Lipinski definition) is 3. The number of halogens is 1. The highest BCUT2D eigenvalue weighted by Crippen LogP contribution is 2.26. The van der Waals surface area contributed by atoms with E-state index in [1.165, 1.54) is 6.07 Å². The lowest BCUT2D eigenvalue weighted by molar-refractivity contribution is 0.155. The molecule has 0 aliphatic rings. The molecule has 0 aliphatic heterocycles. The molecule has 0 amide bonds. The monoisotopic (exact) mass is 251 g/mol. The average molecular weight is 251 g/mol. The molecule has 18 heavy (non-hydrogen) atoms. The maximum Gasteiger partial charge on any atom is 0.201 e.